The average molecular weight is 291 g/mol. The van der Waals surface area contributed by atoms with Gasteiger partial charge in [-0.2, -0.15) is 0 Å². The van der Waals surface area contributed by atoms with Crippen LogP contribution in [-0.4, -0.2) is 56.7 Å². The minimum Gasteiger partial charge on any atom is -0.492 e. The predicted octanol–water partition coefficient (Wildman–Crippen LogP) is 1.34. The molecule has 5 heteroatoms. The molecule has 0 aromatic heterocycles. The third-order valence-electron chi connectivity index (χ3n) is 3.68. The van der Waals surface area contributed by atoms with Gasteiger partial charge in [0.1, 0.15) is 5.75 Å². The van der Waals surface area contributed by atoms with Crippen LogP contribution >= 0.6 is 0 Å². The molecule has 1 aromatic carbocycles. The fourth-order valence-corrected chi connectivity index (χ4v) is 2.60. The molecule has 1 fully saturated rings. The minimum atomic E-state index is 0.0410. The Kier molecular flexibility index (Phi) is 5.87. The Morgan fingerprint density at radius 3 is 2.62 bits per heavy atom. The summed E-state index contributed by atoms with van der Waals surface area (Å²) in [5.41, 5.74) is 1.18. The second kappa shape index (κ2) is 7.88. The molecule has 1 N–H and O–H groups in total. The number of ether oxygens (including phenoxy) is 1. The van der Waals surface area contributed by atoms with Crippen molar-refractivity contribution in [2.45, 2.75) is 13.8 Å². The number of rotatable bonds is 6. The third-order valence-corrected chi connectivity index (χ3v) is 3.68. The van der Waals surface area contributed by atoms with Crippen molar-refractivity contribution in [3.05, 3.63) is 24.3 Å². The van der Waals surface area contributed by atoms with E-state index in [0.717, 1.165) is 45.0 Å². The lowest BCUT2D eigenvalue weighted by atomic mass is 10.2. The molecule has 1 aromatic rings. The molecular weight excluding hydrogens is 266 g/mol. The Bertz CT molecular complexity index is 457. The van der Waals surface area contributed by atoms with E-state index in [2.05, 4.69) is 27.2 Å². The van der Waals surface area contributed by atoms with E-state index in [4.69, 9.17) is 4.74 Å². The van der Waals surface area contributed by atoms with Crippen LogP contribution in [-0.2, 0) is 4.79 Å². The summed E-state index contributed by atoms with van der Waals surface area (Å²) < 4.78 is 5.71. The van der Waals surface area contributed by atoms with Gasteiger partial charge in [0.2, 0.25) is 5.91 Å². The SMILES string of the molecule is CCOc1ccccc1N1CCN(CCNC(C)=O)CC1. The molecule has 0 saturated carbocycles. The van der Waals surface area contributed by atoms with E-state index in [0.29, 0.717) is 6.61 Å². The highest BCUT2D eigenvalue weighted by Gasteiger charge is 2.19. The zero-order valence-corrected chi connectivity index (χ0v) is 13.0. The van der Waals surface area contributed by atoms with Crippen LogP contribution in [0.15, 0.2) is 24.3 Å². The molecule has 1 aliphatic heterocycles. The predicted molar refractivity (Wildman–Crippen MR) is 84.9 cm³/mol. The summed E-state index contributed by atoms with van der Waals surface area (Å²) in [6.45, 7) is 9.91. The molecule has 0 radical (unpaired) electrons. The average Bonchev–Trinajstić information content (AvgIpc) is 2.49. The van der Waals surface area contributed by atoms with Crippen molar-refractivity contribution in [1.82, 2.24) is 10.2 Å². The second-order valence-electron chi connectivity index (χ2n) is 5.21. The van der Waals surface area contributed by atoms with Crippen molar-refractivity contribution >= 4 is 11.6 Å². The molecule has 0 bridgehead atoms. The Balaban J connectivity index is 1.85. The molecular formula is C16H25N3O2. The molecule has 116 valence electrons. The summed E-state index contributed by atoms with van der Waals surface area (Å²) in [7, 11) is 0. The summed E-state index contributed by atoms with van der Waals surface area (Å²) >= 11 is 0. The summed E-state index contributed by atoms with van der Waals surface area (Å²) in [5, 5.41) is 2.85. The monoisotopic (exact) mass is 291 g/mol. The summed E-state index contributed by atoms with van der Waals surface area (Å²) in [4.78, 5) is 15.6. The van der Waals surface area contributed by atoms with E-state index in [1.54, 1.807) is 6.92 Å². The van der Waals surface area contributed by atoms with Gasteiger partial charge in [0.15, 0.2) is 0 Å². The number of carbonyl (C=O) groups is 1. The Hall–Kier alpha value is -1.75. The van der Waals surface area contributed by atoms with Crippen molar-refractivity contribution < 1.29 is 9.53 Å². The first-order chi connectivity index (χ1) is 10.2. The number of hydrogen-bond acceptors (Lipinski definition) is 4. The van der Waals surface area contributed by atoms with Gasteiger partial charge in [-0.3, -0.25) is 9.69 Å². The molecule has 1 amide bonds. The first-order valence-electron chi connectivity index (χ1n) is 7.64. The van der Waals surface area contributed by atoms with E-state index in [1.807, 2.05) is 19.1 Å². The van der Waals surface area contributed by atoms with Gasteiger partial charge in [0.05, 0.1) is 12.3 Å². The molecule has 1 saturated heterocycles. The van der Waals surface area contributed by atoms with E-state index < -0.39 is 0 Å². The van der Waals surface area contributed by atoms with E-state index >= 15 is 0 Å². The van der Waals surface area contributed by atoms with Gasteiger partial charge in [-0.05, 0) is 19.1 Å². The molecule has 0 spiro atoms. The third kappa shape index (κ3) is 4.63. The second-order valence-corrected chi connectivity index (χ2v) is 5.21. The highest BCUT2D eigenvalue weighted by molar-refractivity contribution is 5.72. The fourth-order valence-electron chi connectivity index (χ4n) is 2.60. The van der Waals surface area contributed by atoms with Crippen LogP contribution in [0.4, 0.5) is 5.69 Å². The quantitative estimate of drug-likeness (QED) is 0.859. The van der Waals surface area contributed by atoms with Crippen molar-refractivity contribution in [1.29, 1.82) is 0 Å². The van der Waals surface area contributed by atoms with E-state index in [-0.39, 0.29) is 5.91 Å². The maximum absolute atomic E-state index is 10.9. The number of nitrogens with zero attached hydrogens (tertiary/aromatic N) is 2. The van der Waals surface area contributed by atoms with Gasteiger partial charge in [-0.15, -0.1) is 0 Å². The number of para-hydroxylation sites is 2. The fraction of sp³-hybridized carbons (Fsp3) is 0.562. The van der Waals surface area contributed by atoms with Gasteiger partial charge >= 0.3 is 0 Å². The molecule has 1 aliphatic rings. The van der Waals surface area contributed by atoms with Crippen molar-refractivity contribution in [3.63, 3.8) is 0 Å². The van der Waals surface area contributed by atoms with Crippen LogP contribution in [0.2, 0.25) is 0 Å². The zero-order valence-electron chi connectivity index (χ0n) is 13.0. The molecule has 1 heterocycles. The van der Waals surface area contributed by atoms with Crippen LogP contribution in [0, 0.1) is 0 Å². The standard InChI is InChI=1S/C16H25N3O2/c1-3-21-16-7-5-4-6-15(16)19-12-10-18(11-13-19)9-8-17-14(2)20/h4-7H,3,8-13H2,1-2H3,(H,17,20). The normalized spacial score (nSPS) is 15.8. The molecule has 5 nitrogen and oxygen atoms in total. The summed E-state index contributed by atoms with van der Waals surface area (Å²) in [6.07, 6.45) is 0. The maximum Gasteiger partial charge on any atom is 0.216 e. The number of carbonyl (C=O) groups excluding carboxylic acids is 1. The molecule has 2 rings (SSSR count). The number of anilines is 1. The lowest BCUT2D eigenvalue weighted by Crippen LogP contribution is -2.48. The van der Waals surface area contributed by atoms with Crippen molar-refractivity contribution in [2.24, 2.45) is 0 Å². The highest BCUT2D eigenvalue weighted by atomic mass is 16.5. The largest absolute Gasteiger partial charge is 0.492 e. The minimum absolute atomic E-state index is 0.0410. The lowest BCUT2D eigenvalue weighted by Gasteiger charge is -2.36. The van der Waals surface area contributed by atoms with Crippen LogP contribution < -0.4 is 15.0 Å². The molecule has 0 aliphatic carbocycles. The Labute approximate surface area is 126 Å². The van der Waals surface area contributed by atoms with Gasteiger partial charge in [-0.1, -0.05) is 12.1 Å². The number of benzene rings is 1. The van der Waals surface area contributed by atoms with Gasteiger partial charge in [0, 0.05) is 46.2 Å². The zero-order chi connectivity index (χ0) is 15.1. The highest BCUT2D eigenvalue weighted by Crippen LogP contribution is 2.28. The lowest BCUT2D eigenvalue weighted by molar-refractivity contribution is -0.119. The van der Waals surface area contributed by atoms with Gasteiger partial charge in [-0.25, -0.2) is 0 Å². The van der Waals surface area contributed by atoms with Crippen molar-refractivity contribution in [2.75, 3.05) is 50.8 Å². The van der Waals surface area contributed by atoms with Crippen LogP contribution in [0.5, 0.6) is 5.75 Å². The molecule has 0 unspecified atom stereocenters. The first-order valence-corrected chi connectivity index (χ1v) is 7.64. The first kappa shape index (κ1) is 15.6. The summed E-state index contributed by atoms with van der Waals surface area (Å²) in [5.74, 6) is 1.01. The van der Waals surface area contributed by atoms with E-state index in [1.165, 1.54) is 5.69 Å². The maximum atomic E-state index is 10.9. The van der Waals surface area contributed by atoms with Crippen LogP contribution in [0.25, 0.3) is 0 Å². The Morgan fingerprint density at radius 1 is 1.24 bits per heavy atom. The van der Waals surface area contributed by atoms with Gasteiger partial charge in [0.25, 0.3) is 0 Å². The topological polar surface area (TPSA) is 44.8 Å². The van der Waals surface area contributed by atoms with Crippen LogP contribution in [0.1, 0.15) is 13.8 Å². The summed E-state index contributed by atoms with van der Waals surface area (Å²) in [6, 6.07) is 8.22. The number of piperazine rings is 1. The van der Waals surface area contributed by atoms with Crippen LogP contribution in [0.3, 0.4) is 0 Å². The smallest absolute Gasteiger partial charge is 0.216 e. The van der Waals surface area contributed by atoms with E-state index in [9.17, 15) is 4.79 Å². The molecule has 0 atom stereocenters. The molecule has 21 heavy (non-hydrogen) atoms. The number of hydrogen-bond donors (Lipinski definition) is 1. The number of amides is 1. The van der Waals surface area contributed by atoms with Crippen molar-refractivity contribution in [3.8, 4) is 5.75 Å². The van der Waals surface area contributed by atoms with Gasteiger partial charge < -0.3 is 15.0 Å². The Morgan fingerprint density at radius 2 is 1.95 bits per heavy atom. The number of nitrogens with one attached hydrogen (secondary N) is 1.